The number of benzene rings is 1. The van der Waals surface area contributed by atoms with Crippen molar-refractivity contribution in [2.24, 2.45) is 0 Å². The van der Waals surface area contributed by atoms with Crippen molar-refractivity contribution < 1.29 is 10.1 Å². The number of hydrogen-bond donors (Lipinski definition) is 3. The summed E-state index contributed by atoms with van der Waals surface area (Å²) in [6, 6.07) is 10.4. The third-order valence-electron chi connectivity index (χ3n) is 6.05. The van der Waals surface area contributed by atoms with Gasteiger partial charge in [0.2, 0.25) is 11.9 Å². The highest BCUT2D eigenvalue weighted by atomic mass is 16.2. The molecule has 1 fully saturated rings. The van der Waals surface area contributed by atoms with Crippen molar-refractivity contribution in [3.63, 3.8) is 0 Å². The SMILES string of the molecule is CCN1CCN(c2nc(C=N)c([NH2+]C(C)C)c(NC(C)c3cnc4ccccc4c3)n2)CC1=O. The van der Waals surface area contributed by atoms with Crippen LogP contribution in [0.5, 0.6) is 0 Å². The maximum Gasteiger partial charge on any atom is 0.242 e. The van der Waals surface area contributed by atoms with Crippen molar-refractivity contribution >= 4 is 40.5 Å². The molecule has 9 heteroatoms. The number of fused-ring (bicyclic) bond motifs is 1. The van der Waals surface area contributed by atoms with Gasteiger partial charge in [0.15, 0.2) is 11.5 Å². The van der Waals surface area contributed by atoms with Crippen molar-refractivity contribution in [1.29, 1.82) is 5.41 Å². The number of likely N-dealkylation sites (N-methyl/N-ethyl adjacent to an activating group) is 1. The van der Waals surface area contributed by atoms with E-state index in [1.165, 1.54) is 6.21 Å². The topological polar surface area (TPSA) is 115 Å². The molecule has 4 N–H and O–H groups in total. The van der Waals surface area contributed by atoms with Gasteiger partial charge in [-0.1, -0.05) is 18.2 Å². The number of pyridine rings is 1. The van der Waals surface area contributed by atoms with Gasteiger partial charge in [0.05, 0.1) is 24.1 Å². The highest BCUT2D eigenvalue weighted by Gasteiger charge is 2.27. The molecule has 3 aromatic rings. The van der Waals surface area contributed by atoms with E-state index in [1.54, 1.807) is 0 Å². The van der Waals surface area contributed by atoms with E-state index >= 15 is 0 Å². The number of carbonyl (C=O) groups is 1. The van der Waals surface area contributed by atoms with Crippen molar-refractivity contribution in [1.82, 2.24) is 19.9 Å². The second-order valence-corrected chi connectivity index (χ2v) is 8.95. The molecule has 0 bridgehead atoms. The third-order valence-corrected chi connectivity index (χ3v) is 6.05. The Kier molecular flexibility index (Phi) is 7.02. The minimum atomic E-state index is -0.0728. The van der Waals surface area contributed by atoms with Crippen LogP contribution < -0.4 is 15.5 Å². The van der Waals surface area contributed by atoms with Gasteiger partial charge in [-0.3, -0.25) is 9.78 Å². The number of rotatable bonds is 8. The zero-order valence-electron chi connectivity index (χ0n) is 20.2. The van der Waals surface area contributed by atoms with Gasteiger partial charge in [0.25, 0.3) is 0 Å². The number of hydrogen-bond acceptors (Lipinski definition) is 7. The largest absolute Gasteiger partial charge is 0.358 e. The van der Waals surface area contributed by atoms with E-state index in [4.69, 9.17) is 10.4 Å². The summed E-state index contributed by atoms with van der Waals surface area (Å²) < 4.78 is 0. The molecule has 1 atom stereocenters. The molecule has 0 radical (unpaired) electrons. The van der Waals surface area contributed by atoms with E-state index in [-0.39, 0.29) is 24.5 Å². The summed E-state index contributed by atoms with van der Waals surface area (Å²) in [4.78, 5) is 30.3. The summed E-state index contributed by atoms with van der Waals surface area (Å²) >= 11 is 0. The number of quaternary nitrogens is 1. The highest BCUT2D eigenvalue weighted by molar-refractivity contribution is 5.86. The fourth-order valence-corrected chi connectivity index (χ4v) is 4.16. The predicted molar refractivity (Wildman–Crippen MR) is 135 cm³/mol. The monoisotopic (exact) mass is 461 g/mol. The molecular weight excluding hydrogens is 428 g/mol. The number of piperazine rings is 1. The van der Waals surface area contributed by atoms with Crippen LogP contribution in [-0.4, -0.2) is 64.2 Å². The van der Waals surface area contributed by atoms with E-state index in [9.17, 15) is 4.79 Å². The first kappa shape index (κ1) is 23.6. The zero-order valence-corrected chi connectivity index (χ0v) is 20.2. The second kappa shape index (κ2) is 10.1. The Labute approximate surface area is 200 Å². The van der Waals surface area contributed by atoms with E-state index in [0.717, 1.165) is 22.2 Å². The Balaban J connectivity index is 1.68. The molecular formula is C25H33N8O+. The minimum Gasteiger partial charge on any atom is -0.358 e. The molecule has 2 aromatic heterocycles. The Bertz CT molecular complexity index is 1190. The molecule has 0 saturated carbocycles. The van der Waals surface area contributed by atoms with Crippen LogP contribution in [0.3, 0.4) is 0 Å². The maximum atomic E-state index is 12.5. The lowest BCUT2D eigenvalue weighted by Crippen LogP contribution is -2.83. The van der Waals surface area contributed by atoms with E-state index in [0.29, 0.717) is 37.1 Å². The summed E-state index contributed by atoms with van der Waals surface area (Å²) in [5.41, 5.74) is 3.33. The van der Waals surface area contributed by atoms with Crippen molar-refractivity contribution in [3.8, 4) is 0 Å². The molecule has 1 unspecified atom stereocenters. The Hall–Kier alpha value is -3.59. The number of amides is 1. The molecule has 1 amide bonds. The van der Waals surface area contributed by atoms with Crippen LogP contribution in [0, 0.1) is 5.41 Å². The first-order valence-electron chi connectivity index (χ1n) is 11.8. The van der Waals surface area contributed by atoms with Crippen LogP contribution in [0.25, 0.3) is 10.9 Å². The standard InChI is InChI=1S/C25H32N8O/c1-5-32-10-11-33(15-22(32)34)25-30-21(13-26)23(28-16(2)3)24(31-25)29-17(4)19-12-18-8-6-7-9-20(18)27-14-19/h6-9,12-14,16-17,26,28H,5,10-11,15H2,1-4H3,(H,29,30,31)/p+1. The van der Waals surface area contributed by atoms with E-state index in [1.807, 2.05) is 41.1 Å². The van der Waals surface area contributed by atoms with Gasteiger partial charge in [0.1, 0.15) is 5.69 Å². The van der Waals surface area contributed by atoms with Gasteiger partial charge >= 0.3 is 0 Å². The number of nitrogens with zero attached hydrogens (tertiary/aromatic N) is 5. The van der Waals surface area contributed by atoms with Crippen LogP contribution in [0.1, 0.15) is 45.0 Å². The Morgan fingerprint density at radius 2 is 2.00 bits per heavy atom. The molecule has 0 aliphatic carbocycles. The van der Waals surface area contributed by atoms with E-state index < -0.39 is 0 Å². The van der Waals surface area contributed by atoms with Crippen LogP contribution >= 0.6 is 0 Å². The summed E-state index contributed by atoms with van der Waals surface area (Å²) in [5.74, 6) is 1.19. The first-order valence-corrected chi connectivity index (χ1v) is 11.8. The van der Waals surface area contributed by atoms with Crippen LogP contribution in [-0.2, 0) is 4.79 Å². The number of carbonyl (C=O) groups excluding carboxylic acids is 1. The van der Waals surface area contributed by atoms with Crippen LogP contribution in [0.2, 0.25) is 0 Å². The molecule has 9 nitrogen and oxygen atoms in total. The first-order chi connectivity index (χ1) is 16.4. The van der Waals surface area contributed by atoms with Gasteiger partial charge in [-0.15, -0.1) is 0 Å². The normalized spacial score (nSPS) is 15.1. The van der Waals surface area contributed by atoms with Crippen LogP contribution in [0.15, 0.2) is 36.5 Å². The molecule has 178 valence electrons. The Morgan fingerprint density at radius 1 is 1.21 bits per heavy atom. The zero-order chi connectivity index (χ0) is 24.2. The quantitative estimate of drug-likeness (QED) is 0.444. The number of nitrogens with two attached hydrogens (primary N) is 1. The smallest absolute Gasteiger partial charge is 0.242 e. The minimum absolute atomic E-state index is 0.0664. The van der Waals surface area contributed by atoms with Gasteiger partial charge < -0.3 is 25.8 Å². The second-order valence-electron chi connectivity index (χ2n) is 8.95. The molecule has 1 aromatic carbocycles. The van der Waals surface area contributed by atoms with Crippen molar-refractivity contribution in [2.75, 3.05) is 36.4 Å². The average Bonchev–Trinajstić information content (AvgIpc) is 2.84. The molecule has 34 heavy (non-hydrogen) atoms. The summed E-state index contributed by atoms with van der Waals surface area (Å²) in [6.45, 7) is 10.5. The fraction of sp³-hybridized carbons (Fsp3) is 0.400. The van der Waals surface area contributed by atoms with Gasteiger partial charge in [-0.25, -0.2) is 4.98 Å². The predicted octanol–water partition coefficient (Wildman–Crippen LogP) is 2.47. The van der Waals surface area contributed by atoms with Gasteiger partial charge in [-0.05, 0) is 45.4 Å². The number of anilines is 2. The molecule has 1 saturated heterocycles. The van der Waals surface area contributed by atoms with E-state index in [2.05, 4.69) is 53.5 Å². The maximum absolute atomic E-state index is 12.5. The molecule has 4 rings (SSSR count). The molecule has 1 aliphatic rings. The summed E-state index contributed by atoms with van der Waals surface area (Å²) in [5, 5.41) is 14.7. The summed E-state index contributed by atoms with van der Waals surface area (Å²) in [7, 11) is 0. The van der Waals surface area contributed by atoms with Crippen molar-refractivity contribution in [3.05, 3.63) is 47.8 Å². The lowest BCUT2D eigenvalue weighted by atomic mass is 10.1. The number of aromatic nitrogens is 3. The van der Waals surface area contributed by atoms with Crippen molar-refractivity contribution in [2.45, 2.75) is 39.8 Å². The van der Waals surface area contributed by atoms with Gasteiger partial charge in [0, 0.05) is 37.4 Å². The number of para-hydroxylation sites is 1. The molecule has 1 aliphatic heterocycles. The van der Waals surface area contributed by atoms with Gasteiger partial charge in [-0.2, -0.15) is 4.98 Å². The average molecular weight is 462 g/mol. The highest BCUT2D eigenvalue weighted by Crippen LogP contribution is 2.27. The molecule has 0 spiro atoms. The molecule has 3 heterocycles. The third kappa shape index (κ3) is 4.99. The lowest BCUT2D eigenvalue weighted by molar-refractivity contribution is -0.602. The Morgan fingerprint density at radius 3 is 2.71 bits per heavy atom. The van der Waals surface area contributed by atoms with Crippen LogP contribution in [0.4, 0.5) is 17.5 Å². The lowest BCUT2D eigenvalue weighted by Gasteiger charge is -2.34. The summed E-state index contributed by atoms with van der Waals surface area (Å²) in [6.07, 6.45) is 3.14. The fourth-order valence-electron chi connectivity index (χ4n) is 4.16. The number of nitrogens with one attached hydrogen (secondary N) is 2.